The molecule has 1 atom stereocenters. The van der Waals surface area contributed by atoms with Crippen LogP contribution in [0.3, 0.4) is 0 Å². The zero-order valence-corrected chi connectivity index (χ0v) is 15.0. The minimum Gasteiger partial charge on any atom is -0.313 e. The van der Waals surface area contributed by atoms with Gasteiger partial charge in [0.25, 0.3) is 0 Å². The van der Waals surface area contributed by atoms with Crippen molar-refractivity contribution < 1.29 is 0 Å². The van der Waals surface area contributed by atoms with Gasteiger partial charge in [0.1, 0.15) is 0 Å². The summed E-state index contributed by atoms with van der Waals surface area (Å²) >= 11 is 5.42. The quantitative estimate of drug-likeness (QED) is 0.715. The van der Waals surface area contributed by atoms with Crippen molar-refractivity contribution in [3.05, 3.63) is 46.7 Å². The van der Waals surface area contributed by atoms with E-state index in [0.29, 0.717) is 6.04 Å². The first kappa shape index (κ1) is 16.6. The second-order valence-corrected chi connectivity index (χ2v) is 6.94. The van der Waals surface area contributed by atoms with Gasteiger partial charge in [-0.1, -0.05) is 28.9 Å². The summed E-state index contributed by atoms with van der Waals surface area (Å²) in [5.41, 5.74) is 1.30. The fourth-order valence-electron chi connectivity index (χ4n) is 2.20. The van der Waals surface area contributed by atoms with E-state index >= 15 is 0 Å². The highest BCUT2D eigenvalue weighted by Gasteiger charge is 2.10. The molecule has 1 aromatic heterocycles. The highest BCUT2D eigenvalue weighted by molar-refractivity contribution is 9.10. The number of likely N-dealkylation sites (N-methyl/N-ethyl adjacent to an activating group) is 1. The molecule has 1 heterocycles. The van der Waals surface area contributed by atoms with Gasteiger partial charge < -0.3 is 5.32 Å². The van der Waals surface area contributed by atoms with Gasteiger partial charge in [0.2, 0.25) is 0 Å². The van der Waals surface area contributed by atoms with Crippen LogP contribution >= 0.6 is 27.7 Å². The van der Waals surface area contributed by atoms with Crippen molar-refractivity contribution in [2.75, 3.05) is 12.3 Å². The highest BCUT2D eigenvalue weighted by atomic mass is 79.9. The number of benzene rings is 1. The number of nitrogens with zero attached hydrogens (tertiary/aromatic N) is 2. The van der Waals surface area contributed by atoms with Gasteiger partial charge in [0, 0.05) is 33.9 Å². The maximum absolute atomic E-state index is 4.35. The molecule has 114 valence electrons. The number of thioether (sulfide) groups is 1. The molecule has 0 amide bonds. The van der Waals surface area contributed by atoms with Gasteiger partial charge in [-0.15, -0.1) is 11.8 Å². The largest absolute Gasteiger partial charge is 0.313 e. The van der Waals surface area contributed by atoms with E-state index in [1.807, 2.05) is 22.6 Å². The molecule has 2 aromatic rings. The predicted molar refractivity (Wildman–Crippen MR) is 93.9 cm³/mol. The summed E-state index contributed by atoms with van der Waals surface area (Å²) in [5.74, 6) is 1.06. The number of aryl methyl sites for hydroxylation is 1. The van der Waals surface area contributed by atoms with Crippen LogP contribution in [-0.2, 0) is 13.0 Å². The molecule has 1 unspecified atom stereocenters. The second-order valence-electron chi connectivity index (χ2n) is 4.93. The lowest BCUT2D eigenvalue weighted by molar-refractivity contribution is 0.572. The Morgan fingerprint density at radius 2 is 2.24 bits per heavy atom. The van der Waals surface area contributed by atoms with Crippen LogP contribution in [0.4, 0.5) is 0 Å². The SMILES string of the molecule is CCNC(CSc1cccc(Br)c1)Cc1cnn(CC)c1. The summed E-state index contributed by atoms with van der Waals surface area (Å²) in [6.07, 6.45) is 5.15. The number of rotatable bonds is 8. The summed E-state index contributed by atoms with van der Waals surface area (Å²) in [4.78, 5) is 1.30. The van der Waals surface area contributed by atoms with Gasteiger partial charge in [0.05, 0.1) is 6.20 Å². The summed E-state index contributed by atoms with van der Waals surface area (Å²) in [6, 6.07) is 8.94. The average molecular weight is 368 g/mol. The molecule has 0 aliphatic heterocycles. The molecule has 0 bridgehead atoms. The van der Waals surface area contributed by atoms with Crippen molar-refractivity contribution in [3.8, 4) is 0 Å². The van der Waals surface area contributed by atoms with E-state index in [1.54, 1.807) is 0 Å². The molecule has 0 fully saturated rings. The van der Waals surface area contributed by atoms with Crippen molar-refractivity contribution in [1.29, 1.82) is 0 Å². The van der Waals surface area contributed by atoms with Gasteiger partial charge in [-0.05, 0) is 43.7 Å². The second kappa shape index (κ2) is 8.61. The summed E-state index contributed by atoms with van der Waals surface area (Å²) in [6.45, 7) is 6.19. The fraction of sp³-hybridized carbons (Fsp3) is 0.438. The third-order valence-corrected chi connectivity index (χ3v) is 4.88. The Balaban J connectivity index is 1.92. The van der Waals surface area contributed by atoms with Crippen molar-refractivity contribution >= 4 is 27.7 Å². The molecule has 5 heteroatoms. The number of nitrogens with one attached hydrogen (secondary N) is 1. The Labute approximate surface area is 139 Å². The summed E-state index contributed by atoms with van der Waals surface area (Å²) in [7, 11) is 0. The minimum absolute atomic E-state index is 0.466. The summed E-state index contributed by atoms with van der Waals surface area (Å²) in [5, 5.41) is 7.93. The van der Waals surface area contributed by atoms with Crippen LogP contribution in [0, 0.1) is 0 Å². The topological polar surface area (TPSA) is 29.9 Å². The number of aromatic nitrogens is 2. The van der Waals surface area contributed by atoms with E-state index in [9.17, 15) is 0 Å². The van der Waals surface area contributed by atoms with Gasteiger partial charge >= 0.3 is 0 Å². The Bertz CT molecular complexity index is 556. The van der Waals surface area contributed by atoms with Crippen LogP contribution < -0.4 is 5.32 Å². The van der Waals surface area contributed by atoms with E-state index in [1.165, 1.54) is 10.5 Å². The summed E-state index contributed by atoms with van der Waals surface area (Å²) < 4.78 is 3.12. The lowest BCUT2D eigenvalue weighted by Gasteiger charge is -2.16. The molecule has 0 saturated heterocycles. The molecule has 3 nitrogen and oxygen atoms in total. The van der Waals surface area contributed by atoms with E-state index in [4.69, 9.17) is 0 Å². The van der Waals surface area contributed by atoms with Crippen LogP contribution in [0.1, 0.15) is 19.4 Å². The van der Waals surface area contributed by atoms with Crippen molar-refractivity contribution in [3.63, 3.8) is 0 Å². The van der Waals surface area contributed by atoms with E-state index in [-0.39, 0.29) is 0 Å². The molecule has 21 heavy (non-hydrogen) atoms. The molecule has 0 aliphatic rings. The molecule has 0 saturated carbocycles. The number of hydrogen-bond donors (Lipinski definition) is 1. The third kappa shape index (κ3) is 5.49. The lowest BCUT2D eigenvalue weighted by atomic mass is 10.1. The van der Waals surface area contributed by atoms with E-state index in [0.717, 1.165) is 29.7 Å². The minimum atomic E-state index is 0.466. The fourth-order valence-corrected chi connectivity index (χ4v) is 3.77. The monoisotopic (exact) mass is 367 g/mol. The van der Waals surface area contributed by atoms with Crippen molar-refractivity contribution in [2.45, 2.75) is 37.8 Å². The van der Waals surface area contributed by atoms with Crippen LogP contribution in [0.15, 0.2) is 46.0 Å². The Morgan fingerprint density at radius 1 is 1.38 bits per heavy atom. The molecule has 0 aliphatic carbocycles. The molecule has 0 radical (unpaired) electrons. The maximum atomic E-state index is 4.35. The van der Waals surface area contributed by atoms with Gasteiger partial charge in [-0.2, -0.15) is 5.10 Å². The molecule has 2 rings (SSSR count). The molecule has 1 aromatic carbocycles. The van der Waals surface area contributed by atoms with Gasteiger partial charge in [0.15, 0.2) is 0 Å². The molecule has 1 N–H and O–H groups in total. The zero-order chi connectivity index (χ0) is 15.1. The Hall–Kier alpha value is -0.780. The normalized spacial score (nSPS) is 12.5. The Morgan fingerprint density at radius 3 is 2.90 bits per heavy atom. The van der Waals surface area contributed by atoms with Crippen LogP contribution in [0.2, 0.25) is 0 Å². The predicted octanol–water partition coefficient (Wildman–Crippen LogP) is 3.98. The zero-order valence-electron chi connectivity index (χ0n) is 12.6. The third-order valence-electron chi connectivity index (χ3n) is 3.23. The first-order chi connectivity index (χ1) is 10.2. The van der Waals surface area contributed by atoms with Crippen LogP contribution in [-0.4, -0.2) is 28.1 Å². The number of halogens is 1. The van der Waals surface area contributed by atoms with E-state index < -0.39 is 0 Å². The Kier molecular flexibility index (Phi) is 6.80. The maximum Gasteiger partial charge on any atom is 0.0522 e. The number of hydrogen-bond acceptors (Lipinski definition) is 3. The molecular formula is C16H22BrN3S. The van der Waals surface area contributed by atoms with Crippen molar-refractivity contribution in [2.24, 2.45) is 0 Å². The van der Waals surface area contributed by atoms with Gasteiger partial charge in [-0.3, -0.25) is 4.68 Å². The van der Waals surface area contributed by atoms with Crippen LogP contribution in [0.25, 0.3) is 0 Å². The van der Waals surface area contributed by atoms with E-state index in [2.05, 4.69) is 70.7 Å². The van der Waals surface area contributed by atoms with Crippen LogP contribution in [0.5, 0.6) is 0 Å². The highest BCUT2D eigenvalue weighted by Crippen LogP contribution is 2.23. The first-order valence-electron chi connectivity index (χ1n) is 7.34. The molecule has 0 spiro atoms. The standard InChI is InChI=1S/C16H22BrN3S/c1-3-18-15(8-13-10-19-20(4-2)11-13)12-21-16-7-5-6-14(17)9-16/h5-7,9-11,15,18H,3-4,8,12H2,1-2H3. The van der Waals surface area contributed by atoms with Gasteiger partial charge in [-0.25, -0.2) is 0 Å². The lowest BCUT2D eigenvalue weighted by Crippen LogP contribution is -2.33. The first-order valence-corrected chi connectivity index (χ1v) is 9.12. The smallest absolute Gasteiger partial charge is 0.0522 e. The van der Waals surface area contributed by atoms with Crippen molar-refractivity contribution in [1.82, 2.24) is 15.1 Å². The molecular weight excluding hydrogens is 346 g/mol. The average Bonchev–Trinajstić information content (AvgIpc) is 2.93.